The van der Waals surface area contributed by atoms with Gasteiger partial charge in [-0.1, -0.05) is 0 Å². The highest BCUT2D eigenvalue weighted by Crippen LogP contribution is 2.36. The first-order valence-electron chi connectivity index (χ1n) is 8.03. The Labute approximate surface area is 121 Å². The Kier molecular flexibility index (Phi) is 4.94. The van der Waals surface area contributed by atoms with E-state index in [1.54, 1.807) is 0 Å². The van der Waals surface area contributed by atoms with Gasteiger partial charge in [-0.3, -0.25) is 4.90 Å². The van der Waals surface area contributed by atoms with Crippen LogP contribution in [0.3, 0.4) is 0 Å². The Morgan fingerprint density at radius 2 is 2.05 bits per heavy atom. The van der Waals surface area contributed by atoms with Crippen LogP contribution in [0.25, 0.3) is 0 Å². The molecule has 3 saturated heterocycles. The monoisotopic (exact) mass is 284 g/mol. The molecule has 3 heterocycles. The summed E-state index contributed by atoms with van der Waals surface area (Å²) >= 11 is 0. The van der Waals surface area contributed by atoms with Gasteiger partial charge in [0.15, 0.2) is 0 Å². The zero-order chi connectivity index (χ0) is 13.8. The van der Waals surface area contributed by atoms with E-state index >= 15 is 0 Å². The van der Waals surface area contributed by atoms with Crippen LogP contribution in [-0.4, -0.2) is 75.8 Å². The third-order valence-corrected chi connectivity index (χ3v) is 4.99. The fraction of sp³-hybridized carbons (Fsp3) is 1.00. The van der Waals surface area contributed by atoms with Gasteiger partial charge in [-0.05, 0) is 32.7 Å². The summed E-state index contributed by atoms with van der Waals surface area (Å²) in [6.45, 7) is 6.54. The standard InChI is InChI=1S/C15H28N2O3/c1-16-11-14-12-17(5-9-19-14)13-2-6-20-15(10-13)3-7-18-8-4-15/h13-14,16H,2-12H2,1H3. The second kappa shape index (κ2) is 6.71. The fourth-order valence-corrected chi connectivity index (χ4v) is 3.83. The average Bonchev–Trinajstić information content (AvgIpc) is 2.49. The van der Waals surface area contributed by atoms with Gasteiger partial charge in [-0.15, -0.1) is 0 Å². The van der Waals surface area contributed by atoms with Crippen LogP contribution in [0, 0.1) is 0 Å². The summed E-state index contributed by atoms with van der Waals surface area (Å²) in [6, 6.07) is 0.658. The molecule has 1 spiro atoms. The van der Waals surface area contributed by atoms with Crippen molar-refractivity contribution in [3.63, 3.8) is 0 Å². The predicted molar refractivity (Wildman–Crippen MR) is 77.0 cm³/mol. The molecule has 0 radical (unpaired) electrons. The lowest BCUT2D eigenvalue weighted by molar-refractivity contribution is -0.159. The van der Waals surface area contributed by atoms with E-state index in [1.165, 1.54) is 6.42 Å². The number of hydrogen-bond acceptors (Lipinski definition) is 5. The molecule has 3 rings (SSSR count). The lowest BCUT2D eigenvalue weighted by Gasteiger charge is -2.48. The van der Waals surface area contributed by atoms with E-state index in [4.69, 9.17) is 14.2 Å². The molecule has 116 valence electrons. The molecular weight excluding hydrogens is 256 g/mol. The third-order valence-electron chi connectivity index (χ3n) is 4.99. The van der Waals surface area contributed by atoms with Gasteiger partial charge in [0, 0.05) is 45.5 Å². The van der Waals surface area contributed by atoms with Gasteiger partial charge in [0.25, 0.3) is 0 Å². The molecule has 3 aliphatic rings. The molecule has 0 saturated carbocycles. The number of rotatable bonds is 3. The van der Waals surface area contributed by atoms with Gasteiger partial charge in [-0.2, -0.15) is 0 Å². The van der Waals surface area contributed by atoms with E-state index < -0.39 is 0 Å². The number of nitrogens with one attached hydrogen (secondary N) is 1. The van der Waals surface area contributed by atoms with Crippen LogP contribution in [0.4, 0.5) is 0 Å². The summed E-state index contributed by atoms with van der Waals surface area (Å²) in [5, 5.41) is 3.22. The number of likely N-dealkylation sites (N-methyl/N-ethyl adjacent to an activating group) is 1. The van der Waals surface area contributed by atoms with Gasteiger partial charge in [0.2, 0.25) is 0 Å². The van der Waals surface area contributed by atoms with E-state index in [0.29, 0.717) is 12.1 Å². The summed E-state index contributed by atoms with van der Waals surface area (Å²) in [7, 11) is 1.99. The second-order valence-corrected chi connectivity index (χ2v) is 6.34. The fourth-order valence-electron chi connectivity index (χ4n) is 3.83. The molecule has 3 aliphatic heterocycles. The average molecular weight is 284 g/mol. The Hall–Kier alpha value is -0.200. The summed E-state index contributed by atoms with van der Waals surface area (Å²) in [5.41, 5.74) is 0.0952. The highest BCUT2D eigenvalue weighted by molar-refractivity contribution is 4.93. The van der Waals surface area contributed by atoms with E-state index in [1.807, 2.05) is 7.05 Å². The smallest absolute Gasteiger partial charge is 0.0826 e. The largest absolute Gasteiger partial charge is 0.381 e. The molecule has 0 amide bonds. The van der Waals surface area contributed by atoms with Crippen molar-refractivity contribution in [2.75, 3.05) is 53.1 Å². The van der Waals surface area contributed by atoms with Gasteiger partial charge < -0.3 is 19.5 Å². The zero-order valence-electron chi connectivity index (χ0n) is 12.6. The molecule has 0 aromatic heterocycles. The number of hydrogen-bond donors (Lipinski definition) is 1. The van der Waals surface area contributed by atoms with E-state index in [-0.39, 0.29) is 5.60 Å². The Morgan fingerprint density at radius 1 is 1.20 bits per heavy atom. The highest BCUT2D eigenvalue weighted by atomic mass is 16.5. The van der Waals surface area contributed by atoms with Crippen LogP contribution in [0.1, 0.15) is 25.7 Å². The molecule has 5 nitrogen and oxygen atoms in total. The molecular formula is C15H28N2O3. The highest BCUT2D eigenvalue weighted by Gasteiger charge is 2.41. The first kappa shape index (κ1) is 14.7. The molecule has 2 unspecified atom stereocenters. The SMILES string of the molecule is CNCC1CN(C2CCOC3(CCOCC3)C2)CCO1. The molecule has 1 N–H and O–H groups in total. The van der Waals surface area contributed by atoms with Crippen LogP contribution in [-0.2, 0) is 14.2 Å². The van der Waals surface area contributed by atoms with Crippen molar-refractivity contribution in [3.05, 3.63) is 0 Å². The van der Waals surface area contributed by atoms with Gasteiger partial charge in [0.05, 0.1) is 18.3 Å². The zero-order valence-corrected chi connectivity index (χ0v) is 12.6. The normalized spacial score (nSPS) is 35.2. The quantitative estimate of drug-likeness (QED) is 0.823. The molecule has 5 heteroatoms. The maximum Gasteiger partial charge on any atom is 0.0826 e. The number of nitrogens with zero attached hydrogens (tertiary/aromatic N) is 1. The topological polar surface area (TPSA) is 43.0 Å². The maximum absolute atomic E-state index is 6.15. The van der Waals surface area contributed by atoms with Crippen LogP contribution in [0.2, 0.25) is 0 Å². The molecule has 2 atom stereocenters. The van der Waals surface area contributed by atoms with Crippen molar-refractivity contribution in [1.29, 1.82) is 0 Å². The van der Waals surface area contributed by atoms with Crippen LogP contribution >= 0.6 is 0 Å². The molecule has 20 heavy (non-hydrogen) atoms. The van der Waals surface area contributed by atoms with Crippen molar-refractivity contribution in [2.45, 2.75) is 43.4 Å². The molecule has 0 aromatic carbocycles. The van der Waals surface area contributed by atoms with Crippen LogP contribution in [0.5, 0.6) is 0 Å². The minimum atomic E-state index is 0.0952. The second-order valence-electron chi connectivity index (χ2n) is 6.34. The van der Waals surface area contributed by atoms with Crippen molar-refractivity contribution < 1.29 is 14.2 Å². The Balaban J connectivity index is 1.58. The van der Waals surface area contributed by atoms with E-state index in [2.05, 4.69) is 10.2 Å². The third kappa shape index (κ3) is 3.34. The van der Waals surface area contributed by atoms with Crippen molar-refractivity contribution in [3.8, 4) is 0 Å². The summed E-state index contributed by atoms with van der Waals surface area (Å²) in [4.78, 5) is 2.63. The van der Waals surface area contributed by atoms with Gasteiger partial charge in [-0.25, -0.2) is 0 Å². The summed E-state index contributed by atoms with van der Waals surface area (Å²) in [5.74, 6) is 0. The maximum atomic E-state index is 6.15. The summed E-state index contributed by atoms with van der Waals surface area (Å²) in [6.07, 6.45) is 4.79. The van der Waals surface area contributed by atoms with E-state index in [0.717, 1.165) is 65.3 Å². The lowest BCUT2D eigenvalue weighted by Crippen LogP contribution is -2.55. The van der Waals surface area contributed by atoms with E-state index in [9.17, 15) is 0 Å². The first-order chi connectivity index (χ1) is 9.81. The predicted octanol–water partition coefficient (Wildman–Crippen LogP) is 0.635. The number of morpholine rings is 1. The molecule has 0 aliphatic carbocycles. The van der Waals surface area contributed by atoms with Crippen molar-refractivity contribution in [1.82, 2.24) is 10.2 Å². The molecule has 0 aromatic rings. The Bertz CT molecular complexity index is 300. The van der Waals surface area contributed by atoms with Crippen LogP contribution in [0.15, 0.2) is 0 Å². The molecule has 3 fully saturated rings. The van der Waals surface area contributed by atoms with Crippen molar-refractivity contribution in [2.24, 2.45) is 0 Å². The number of ether oxygens (including phenoxy) is 3. The first-order valence-corrected chi connectivity index (χ1v) is 8.03. The minimum absolute atomic E-state index is 0.0952. The van der Waals surface area contributed by atoms with Gasteiger partial charge >= 0.3 is 0 Å². The van der Waals surface area contributed by atoms with Gasteiger partial charge in [0.1, 0.15) is 0 Å². The lowest BCUT2D eigenvalue weighted by atomic mass is 9.83. The van der Waals surface area contributed by atoms with Crippen molar-refractivity contribution >= 4 is 0 Å². The Morgan fingerprint density at radius 3 is 2.85 bits per heavy atom. The molecule has 0 bridgehead atoms. The van der Waals surface area contributed by atoms with Crippen LogP contribution < -0.4 is 5.32 Å². The summed E-state index contributed by atoms with van der Waals surface area (Å²) < 4.78 is 17.5. The minimum Gasteiger partial charge on any atom is -0.381 e.